The number of aromatic nitrogens is 1. The fourth-order valence-electron chi connectivity index (χ4n) is 4.80. The van der Waals surface area contributed by atoms with Gasteiger partial charge in [0.15, 0.2) is 0 Å². The third kappa shape index (κ3) is 3.87. The number of fused-ring (bicyclic) bond motifs is 5. The van der Waals surface area contributed by atoms with E-state index in [4.69, 9.17) is 9.40 Å². The Bertz CT molecular complexity index is 1550. The van der Waals surface area contributed by atoms with Gasteiger partial charge in [-0.2, -0.15) is 0 Å². The van der Waals surface area contributed by atoms with Gasteiger partial charge in [0.1, 0.15) is 11.2 Å². The van der Waals surface area contributed by atoms with E-state index in [1.54, 1.807) is 11.8 Å². The second-order valence-corrected chi connectivity index (χ2v) is 12.6. The number of hydrogen-bond donors (Lipinski definition) is 0. The third-order valence-electron chi connectivity index (χ3n) is 6.40. The Hall–Kier alpha value is -2.56. The number of thiophene rings is 1. The number of thioether (sulfide) groups is 1. The van der Waals surface area contributed by atoms with E-state index in [1.165, 1.54) is 31.0 Å². The summed E-state index contributed by atoms with van der Waals surface area (Å²) in [6.45, 7) is 17.5. The van der Waals surface area contributed by atoms with E-state index in [2.05, 4.69) is 78.5 Å². The van der Waals surface area contributed by atoms with E-state index in [0.717, 1.165) is 39.6 Å². The maximum absolute atomic E-state index is 6.54. The molecule has 3 aromatic heterocycles. The first kappa shape index (κ1) is 23.2. The van der Waals surface area contributed by atoms with Crippen LogP contribution in [0.15, 0.2) is 63.9 Å². The Morgan fingerprint density at radius 1 is 1.12 bits per heavy atom. The summed E-state index contributed by atoms with van der Waals surface area (Å²) in [4.78, 5) is 7.56. The zero-order valence-electron chi connectivity index (χ0n) is 20.8. The molecular formula is C30H31NOS2. The molecule has 174 valence electrons. The van der Waals surface area contributed by atoms with Crippen LogP contribution in [-0.4, -0.2) is 4.98 Å². The highest BCUT2D eigenvalue weighted by Gasteiger charge is 2.22. The first-order valence-electron chi connectivity index (χ1n) is 11.8. The smallest absolute Gasteiger partial charge is 0.144 e. The van der Waals surface area contributed by atoms with Gasteiger partial charge < -0.3 is 4.42 Å². The molecule has 0 bridgehead atoms. The predicted octanol–water partition coefficient (Wildman–Crippen LogP) is 9.90. The van der Waals surface area contributed by atoms with Crippen LogP contribution in [0.1, 0.15) is 50.6 Å². The lowest BCUT2D eigenvalue weighted by Crippen LogP contribution is -2.12. The number of pyridine rings is 1. The fourth-order valence-corrected chi connectivity index (χ4v) is 7.04. The van der Waals surface area contributed by atoms with Crippen molar-refractivity contribution < 1.29 is 4.42 Å². The minimum atomic E-state index is 0.0144. The number of rotatable bonds is 5. The lowest BCUT2D eigenvalue weighted by molar-refractivity contribution is 0.578. The summed E-state index contributed by atoms with van der Waals surface area (Å²) < 4.78 is 7.84. The number of hydrogen-bond acceptors (Lipinski definition) is 4. The molecule has 4 heteroatoms. The molecule has 0 saturated heterocycles. The van der Waals surface area contributed by atoms with Crippen LogP contribution in [0.25, 0.3) is 43.3 Å². The Morgan fingerprint density at radius 3 is 2.62 bits per heavy atom. The largest absolute Gasteiger partial charge is 0.455 e. The van der Waals surface area contributed by atoms with E-state index in [0.29, 0.717) is 5.92 Å². The van der Waals surface area contributed by atoms with Crippen molar-refractivity contribution in [1.29, 1.82) is 0 Å². The van der Waals surface area contributed by atoms with Crippen molar-refractivity contribution in [3.8, 4) is 11.3 Å². The van der Waals surface area contributed by atoms with Gasteiger partial charge in [0.2, 0.25) is 0 Å². The van der Waals surface area contributed by atoms with Crippen molar-refractivity contribution in [2.24, 2.45) is 5.92 Å². The zero-order chi connectivity index (χ0) is 24.2. The van der Waals surface area contributed by atoms with Crippen LogP contribution in [0.2, 0.25) is 0 Å². The molecule has 0 aliphatic carbocycles. The number of nitrogens with zero attached hydrogens (tertiary/aromatic N) is 1. The van der Waals surface area contributed by atoms with E-state index >= 15 is 0 Å². The minimum Gasteiger partial charge on any atom is -0.455 e. The van der Waals surface area contributed by atoms with Crippen molar-refractivity contribution in [1.82, 2.24) is 4.98 Å². The van der Waals surface area contributed by atoms with Gasteiger partial charge in [0, 0.05) is 37.0 Å². The van der Waals surface area contributed by atoms with Crippen molar-refractivity contribution >= 4 is 55.1 Å². The molecule has 0 spiro atoms. The Kier molecular flexibility index (Phi) is 5.86. The monoisotopic (exact) mass is 485 g/mol. The molecule has 5 aromatic rings. The van der Waals surface area contributed by atoms with Crippen molar-refractivity contribution in [3.63, 3.8) is 0 Å². The summed E-state index contributed by atoms with van der Waals surface area (Å²) in [5.41, 5.74) is 6.65. The molecule has 0 aliphatic heterocycles. The fraction of sp³-hybridized carbons (Fsp3) is 0.300. The van der Waals surface area contributed by atoms with Gasteiger partial charge >= 0.3 is 0 Å². The highest BCUT2D eigenvalue weighted by Crippen LogP contribution is 2.44. The van der Waals surface area contributed by atoms with Crippen LogP contribution in [0, 0.1) is 12.8 Å². The van der Waals surface area contributed by atoms with Crippen molar-refractivity contribution in [3.05, 3.63) is 70.6 Å². The van der Waals surface area contributed by atoms with Crippen LogP contribution >= 0.6 is 23.1 Å². The van der Waals surface area contributed by atoms with Gasteiger partial charge in [-0.05, 0) is 71.5 Å². The molecule has 34 heavy (non-hydrogen) atoms. The van der Waals surface area contributed by atoms with Crippen LogP contribution in [0.5, 0.6) is 0 Å². The molecule has 0 radical (unpaired) electrons. The third-order valence-corrected chi connectivity index (χ3v) is 8.46. The molecule has 0 aliphatic rings. The highest BCUT2D eigenvalue weighted by molar-refractivity contribution is 8.02. The summed E-state index contributed by atoms with van der Waals surface area (Å²) in [6, 6.07) is 13.1. The van der Waals surface area contributed by atoms with E-state index in [1.807, 2.05) is 29.0 Å². The van der Waals surface area contributed by atoms with Gasteiger partial charge in [0.25, 0.3) is 0 Å². The topological polar surface area (TPSA) is 26.0 Å². The van der Waals surface area contributed by atoms with Crippen LogP contribution in [0.4, 0.5) is 0 Å². The summed E-state index contributed by atoms with van der Waals surface area (Å²) >= 11 is 3.58. The van der Waals surface area contributed by atoms with Crippen LogP contribution < -0.4 is 0 Å². The van der Waals surface area contributed by atoms with E-state index in [9.17, 15) is 0 Å². The van der Waals surface area contributed by atoms with Gasteiger partial charge in [-0.15, -0.1) is 11.3 Å². The number of benzene rings is 2. The predicted molar refractivity (Wildman–Crippen MR) is 150 cm³/mol. The highest BCUT2D eigenvalue weighted by atomic mass is 32.2. The normalized spacial score (nSPS) is 12.4. The average Bonchev–Trinajstić information content (AvgIpc) is 3.30. The van der Waals surface area contributed by atoms with Crippen molar-refractivity contribution in [2.45, 2.75) is 58.3 Å². The molecule has 5 rings (SSSR count). The van der Waals surface area contributed by atoms with Crippen LogP contribution in [0.3, 0.4) is 0 Å². The zero-order valence-corrected chi connectivity index (χ0v) is 22.4. The standard InChI is InChI=1S/C30H31NOS2/c1-8-33-23-11-9-19(16-21(23)30(5,6)7)28-27-20-10-12-24-26(18(4)25(34-24)15-17(2)3)29(20)32-22(27)13-14-31-28/h8-14,16-17H,1,15H2,2-7H3. The summed E-state index contributed by atoms with van der Waals surface area (Å²) in [6.07, 6.45) is 2.97. The van der Waals surface area contributed by atoms with Crippen LogP contribution in [-0.2, 0) is 11.8 Å². The second kappa shape index (κ2) is 8.58. The van der Waals surface area contributed by atoms with Crippen molar-refractivity contribution in [2.75, 3.05) is 0 Å². The quantitative estimate of drug-likeness (QED) is 0.232. The molecule has 0 amide bonds. The number of furan rings is 1. The second-order valence-electron chi connectivity index (χ2n) is 10.4. The first-order chi connectivity index (χ1) is 16.2. The summed E-state index contributed by atoms with van der Waals surface area (Å²) in [5.74, 6) is 0.632. The SMILES string of the molecule is C=CSc1ccc(-c2nccc3oc4c(ccc5sc(CC(C)C)c(C)c54)c23)cc1C(C)(C)C. The van der Waals surface area contributed by atoms with Gasteiger partial charge in [-0.25, -0.2) is 0 Å². The minimum absolute atomic E-state index is 0.0144. The first-order valence-corrected chi connectivity index (χ1v) is 13.5. The molecule has 2 nitrogen and oxygen atoms in total. The van der Waals surface area contributed by atoms with E-state index < -0.39 is 0 Å². The maximum atomic E-state index is 6.54. The molecule has 0 fully saturated rings. The van der Waals surface area contributed by atoms with Gasteiger partial charge in [-0.3, -0.25) is 4.98 Å². The molecular weight excluding hydrogens is 454 g/mol. The average molecular weight is 486 g/mol. The van der Waals surface area contributed by atoms with Gasteiger partial charge in [0.05, 0.1) is 11.1 Å². The Morgan fingerprint density at radius 2 is 1.91 bits per heavy atom. The molecule has 0 N–H and O–H groups in total. The molecule has 3 heterocycles. The number of aryl methyl sites for hydroxylation is 1. The molecule has 0 unspecified atom stereocenters. The van der Waals surface area contributed by atoms with E-state index in [-0.39, 0.29) is 5.41 Å². The Balaban J connectivity index is 1.77. The lowest BCUT2D eigenvalue weighted by Gasteiger charge is -2.23. The summed E-state index contributed by atoms with van der Waals surface area (Å²) in [5, 5.41) is 5.40. The van der Waals surface area contributed by atoms with Gasteiger partial charge in [-0.1, -0.05) is 59.0 Å². The lowest BCUT2D eigenvalue weighted by atomic mass is 9.85. The maximum Gasteiger partial charge on any atom is 0.144 e. The molecule has 2 aromatic carbocycles. The molecule has 0 saturated carbocycles. The molecule has 0 atom stereocenters. The Labute approximate surface area is 210 Å². The summed E-state index contributed by atoms with van der Waals surface area (Å²) in [7, 11) is 0.